The van der Waals surface area contributed by atoms with E-state index in [1.165, 1.54) is 6.92 Å². The van der Waals surface area contributed by atoms with Gasteiger partial charge in [0.2, 0.25) is 0 Å². The fourth-order valence-electron chi connectivity index (χ4n) is 0.668. The van der Waals surface area contributed by atoms with Crippen molar-refractivity contribution in [2.45, 2.75) is 19.4 Å². The highest BCUT2D eigenvalue weighted by atomic mass is 17.1. The Morgan fingerprint density at radius 2 is 2.08 bits per heavy atom. The van der Waals surface area contributed by atoms with E-state index in [2.05, 4.69) is 4.89 Å². The van der Waals surface area contributed by atoms with Crippen LogP contribution in [0.3, 0.4) is 0 Å². The van der Waals surface area contributed by atoms with E-state index in [1.54, 1.807) is 0 Å². The average Bonchev–Trinajstić information content (AvgIpc) is 2.02. The Bertz CT molecular complexity index is 181. The highest BCUT2D eigenvalue weighted by Crippen LogP contribution is 2.06. The second kappa shape index (κ2) is 4.68. The predicted octanol–water partition coefficient (Wildman–Crippen LogP) is -0.559. The normalized spacial score (nSPS) is 14.9. The molecule has 0 aromatic carbocycles. The van der Waals surface area contributed by atoms with Crippen LogP contribution in [0.2, 0.25) is 0 Å². The van der Waals surface area contributed by atoms with Crippen LogP contribution in [0.15, 0.2) is 0 Å². The second-order valence-electron chi connectivity index (χ2n) is 2.49. The van der Waals surface area contributed by atoms with Gasteiger partial charge in [0.25, 0.3) is 0 Å². The zero-order valence-electron chi connectivity index (χ0n) is 6.56. The zero-order valence-corrected chi connectivity index (χ0v) is 6.56. The molecule has 0 heterocycles. The number of carboxylic acids is 1. The van der Waals surface area contributed by atoms with E-state index in [1.807, 2.05) is 0 Å². The van der Waals surface area contributed by atoms with E-state index in [0.717, 1.165) is 0 Å². The fraction of sp³-hybridized carbons (Fsp3) is 0.667. The summed E-state index contributed by atoms with van der Waals surface area (Å²) in [6.45, 7) is 1.42. The van der Waals surface area contributed by atoms with Gasteiger partial charge in [0.05, 0.1) is 5.92 Å². The van der Waals surface area contributed by atoms with Crippen molar-refractivity contribution in [3.05, 3.63) is 0 Å². The van der Waals surface area contributed by atoms with Crippen LogP contribution in [-0.4, -0.2) is 28.3 Å². The molecule has 0 aliphatic rings. The van der Waals surface area contributed by atoms with E-state index in [0.29, 0.717) is 0 Å². The van der Waals surface area contributed by atoms with Gasteiger partial charge in [-0.05, 0) is 6.42 Å². The SMILES string of the molecule is CC(C[C@H](N)C(=O)O)C(=O)OO. The number of nitrogens with two attached hydrogens (primary N) is 1. The van der Waals surface area contributed by atoms with Crippen molar-refractivity contribution in [1.29, 1.82) is 0 Å². The van der Waals surface area contributed by atoms with E-state index in [-0.39, 0.29) is 6.42 Å². The number of carbonyl (C=O) groups excluding carboxylic acids is 1. The van der Waals surface area contributed by atoms with Crippen molar-refractivity contribution in [3.8, 4) is 0 Å². The van der Waals surface area contributed by atoms with Crippen molar-refractivity contribution in [2.75, 3.05) is 0 Å². The summed E-state index contributed by atoms with van der Waals surface area (Å²) in [4.78, 5) is 24.2. The molecule has 4 N–H and O–H groups in total. The van der Waals surface area contributed by atoms with Gasteiger partial charge in [0.15, 0.2) is 0 Å². The van der Waals surface area contributed by atoms with Crippen LogP contribution in [0.25, 0.3) is 0 Å². The van der Waals surface area contributed by atoms with Crippen LogP contribution >= 0.6 is 0 Å². The lowest BCUT2D eigenvalue weighted by molar-refractivity contribution is -0.238. The largest absolute Gasteiger partial charge is 0.480 e. The molecule has 0 aromatic heterocycles. The smallest absolute Gasteiger partial charge is 0.344 e. The summed E-state index contributed by atoms with van der Waals surface area (Å²) in [6.07, 6.45) is -0.0608. The first kappa shape index (κ1) is 10.9. The summed E-state index contributed by atoms with van der Waals surface area (Å²) in [7, 11) is 0. The molecule has 0 saturated heterocycles. The Labute approximate surface area is 68.9 Å². The molecule has 0 rings (SSSR count). The number of aliphatic carboxylic acids is 1. The van der Waals surface area contributed by atoms with Gasteiger partial charge in [0, 0.05) is 0 Å². The number of rotatable bonds is 4. The summed E-state index contributed by atoms with van der Waals surface area (Å²) in [5, 5.41) is 16.3. The second-order valence-corrected chi connectivity index (χ2v) is 2.49. The number of carbonyl (C=O) groups is 2. The zero-order chi connectivity index (χ0) is 9.72. The predicted molar refractivity (Wildman–Crippen MR) is 38.1 cm³/mol. The van der Waals surface area contributed by atoms with Gasteiger partial charge in [-0.25, -0.2) is 4.79 Å². The van der Waals surface area contributed by atoms with Crippen LogP contribution in [0, 0.1) is 5.92 Å². The number of carboxylic acid groups (broad SMARTS) is 1. The van der Waals surface area contributed by atoms with E-state index >= 15 is 0 Å². The van der Waals surface area contributed by atoms with Gasteiger partial charge in [-0.3, -0.25) is 4.79 Å². The maximum Gasteiger partial charge on any atom is 0.344 e. The molecule has 12 heavy (non-hydrogen) atoms. The first-order valence-corrected chi connectivity index (χ1v) is 3.32. The van der Waals surface area contributed by atoms with E-state index in [4.69, 9.17) is 16.1 Å². The van der Waals surface area contributed by atoms with Gasteiger partial charge < -0.3 is 15.7 Å². The van der Waals surface area contributed by atoms with Crippen LogP contribution < -0.4 is 5.73 Å². The molecule has 0 aliphatic carbocycles. The standard InChI is InChI=1S/C6H11NO5/c1-3(6(10)12-11)2-4(7)5(8)9/h3-4,11H,2,7H2,1H3,(H,8,9)/t3?,4-/m0/s1. The van der Waals surface area contributed by atoms with Crippen LogP contribution in [0.4, 0.5) is 0 Å². The van der Waals surface area contributed by atoms with Gasteiger partial charge >= 0.3 is 11.9 Å². The Morgan fingerprint density at radius 1 is 1.58 bits per heavy atom. The quantitative estimate of drug-likeness (QED) is 0.392. The Morgan fingerprint density at radius 3 is 2.42 bits per heavy atom. The molecule has 0 bridgehead atoms. The number of hydrogen-bond donors (Lipinski definition) is 3. The first-order valence-electron chi connectivity index (χ1n) is 3.32. The molecule has 0 fully saturated rings. The minimum atomic E-state index is -1.19. The summed E-state index contributed by atoms with van der Waals surface area (Å²) in [6, 6.07) is -1.11. The average molecular weight is 177 g/mol. The lowest BCUT2D eigenvalue weighted by Gasteiger charge is -2.09. The van der Waals surface area contributed by atoms with Crippen LogP contribution in [0.1, 0.15) is 13.3 Å². The molecule has 0 aliphatic heterocycles. The van der Waals surface area contributed by atoms with Crippen molar-refractivity contribution < 1.29 is 24.8 Å². The molecule has 1 unspecified atom stereocenters. The third kappa shape index (κ3) is 3.31. The third-order valence-electron chi connectivity index (χ3n) is 1.42. The molecule has 0 saturated carbocycles. The number of hydrogen-bond acceptors (Lipinski definition) is 5. The molecule has 0 radical (unpaired) electrons. The van der Waals surface area contributed by atoms with E-state index < -0.39 is 23.9 Å². The highest BCUT2D eigenvalue weighted by Gasteiger charge is 2.21. The molecule has 70 valence electrons. The molecule has 6 nitrogen and oxygen atoms in total. The molecule has 6 heteroatoms. The van der Waals surface area contributed by atoms with Crippen molar-refractivity contribution in [1.82, 2.24) is 0 Å². The lowest BCUT2D eigenvalue weighted by Crippen LogP contribution is -2.33. The summed E-state index contributed by atoms with van der Waals surface area (Å²) in [5.41, 5.74) is 5.12. The van der Waals surface area contributed by atoms with Gasteiger partial charge in [-0.2, -0.15) is 5.26 Å². The summed E-state index contributed by atoms with van der Waals surface area (Å²) in [5.74, 6) is -2.79. The summed E-state index contributed by atoms with van der Waals surface area (Å²) < 4.78 is 0. The van der Waals surface area contributed by atoms with Crippen molar-refractivity contribution in [2.24, 2.45) is 11.7 Å². The Balaban J connectivity index is 3.91. The molecular formula is C6H11NO5. The van der Waals surface area contributed by atoms with Crippen LogP contribution in [0.5, 0.6) is 0 Å². The van der Waals surface area contributed by atoms with Gasteiger partial charge in [-0.1, -0.05) is 6.92 Å². The van der Waals surface area contributed by atoms with Crippen LogP contribution in [-0.2, 0) is 14.5 Å². The lowest BCUT2D eigenvalue weighted by atomic mass is 10.0. The van der Waals surface area contributed by atoms with Gasteiger partial charge in [0.1, 0.15) is 6.04 Å². The molecule has 0 amide bonds. The molecule has 0 aromatic rings. The highest BCUT2D eigenvalue weighted by molar-refractivity contribution is 5.76. The van der Waals surface area contributed by atoms with E-state index in [9.17, 15) is 9.59 Å². The third-order valence-corrected chi connectivity index (χ3v) is 1.42. The molecule has 2 atom stereocenters. The van der Waals surface area contributed by atoms with Crippen molar-refractivity contribution >= 4 is 11.9 Å². The maximum absolute atomic E-state index is 10.5. The fourth-order valence-corrected chi connectivity index (χ4v) is 0.668. The monoisotopic (exact) mass is 177 g/mol. The topological polar surface area (TPSA) is 110 Å². The Hall–Kier alpha value is -1.14. The first-order chi connectivity index (χ1) is 5.49. The minimum absolute atomic E-state index is 0.0608. The Kier molecular flexibility index (Phi) is 4.24. The molecular weight excluding hydrogens is 166 g/mol. The minimum Gasteiger partial charge on any atom is -0.480 e. The van der Waals surface area contributed by atoms with Crippen molar-refractivity contribution in [3.63, 3.8) is 0 Å². The summed E-state index contributed by atoms with van der Waals surface area (Å²) >= 11 is 0. The van der Waals surface area contributed by atoms with Gasteiger partial charge in [-0.15, -0.1) is 0 Å². The maximum atomic E-state index is 10.5. The molecule has 0 spiro atoms.